The van der Waals surface area contributed by atoms with Crippen molar-refractivity contribution in [2.24, 2.45) is 0 Å². The highest BCUT2D eigenvalue weighted by Crippen LogP contribution is 2.51. The summed E-state index contributed by atoms with van der Waals surface area (Å²) in [5.74, 6) is 4.59. The van der Waals surface area contributed by atoms with Crippen LogP contribution in [-0.2, 0) is 0 Å². The Morgan fingerprint density at radius 2 is 0.432 bits per heavy atom. The summed E-state index contributed by atoms with van der Waals surface area (Å²) in [6.07, 6.45) is 2.03. The van der Waals surface area contributed by atoms with Crippen LogP contribution in [0.3, 0.4) is 0 Å². The minimum absolute atomic E-state index is 0.566. The molecule has 0 aliphatic carbocycles. The van der Waals surface area contributed by atoms with Gasteiger partial charge in [-0.3, -0.25) is 13.7 Å². The summed E-state index contributed by atoms with van der Waals surface area (Å²) in [6.45, 7) is 0. The molecule has 0 saturated heterocycles. The predicted octanol–water partition coefficient (Wildman–Crippen LogP) is 35.4. The molecule has 9 heterocycles. The molecule has 688 valence electrons. The average molecular weight is 1890 g/mol. The minimum Gasteiger partial charge on any atom is -0.455 e. The fraction of sp³-hybridized carbons (Fsp3) is 0. The van der Waals surface area contributed by atoms with Crippen molar-refractivity contribution in [2.45, 2.75) is 0 Å². The normalized spacial score (nSPS) is 11.9. The van der Waals surface area contributed by atoms with Gasteiger partial charge in [0.2, 0.25) is 11.9 Å². The Morgan fingerprint density at radius 1 is 0.155 bits per heavy atom. The van der Waals surface area contributed by atoms with Gasteiger partial charge in [-0.1, -0.05) is 425 Å². The zero-order valence-electron chi connectivity index (χ0n) is 79.4. The van der Waals surface area contributed by atoms with E-state index in [1.165, 1.54) is 65.0 Å². The largest absolute Gasteiger partial charge is 0.455 e. The molecule has 148 heavy (non-hydrogen) atoms. The zero-order chi connectivity index (χ0) is 97.1. The number of para-hydroxylation sites is 6. The van der Waals surface area contributed by atoms with Crippen molar-refractivity contribution in [2.75, 3.05) is 0 Å². The van der Waals surface area contributed by atoms with Crippen LogP contribution in [0.25, 0.3) is 304 Å². The molecule has 23 aromatic carbocycles. The number of hydrogen-bond donors (Lipinski definition) is 0. The second kappa shape index (κ2) is 33.8. The number of aromatic nitrogens is 10. The minimum atomic E-state index is 0.566. The monoisotopic (exact) mass is 1890 g/mol. The molecular weight excluding hydrogens is 1810 g/mol. The van der Waals surface area contributed by atoms with Crippen LogP contribution >= 0.6 is 0 Å². The molecule has 0 saturated carbocycles. The van der Waals surface area contributed by atoms with E-state index in [1.54, 1.807) is 0 Å². The lowest BCUT2D eigenvalue weighted by Crippen LogP contribution is -2.06. The molecule has 0 aliphatic heterocycles. The number of fused-ring (bicyclic) bond motifs is 10. The van der Waals surface area contributed by atoms with E-state index in [1.807, 2.05) is 115 Å². The van der Waals surface area contributed by atoms with Gasteiger partial charge in [0.05, 0.1) is 33.1 Å². The standard InChI is InChI=1S/C53H32N4O.C41H24N4O.C41H24N2O/c1-3-11-33(12-4-1)35-21-25-38(26-22-35)51-54-52(39-27-23-36(24-28-39)34-13-5-2-6-14-34)56-53(55-51)57-45-19-9-15-37-29-30-42-40(31-32-46(57)49(42)48(37)45)43-17-10-18-44-41-16-7-8-20-47(41)58-50(43)44;1-3-11-26(12-4-1)39-42-40(27-13-5-2-6-14-27)44-41(43-39)45-33-19-9-15-25-21-22-30-28(23-24-34(45)37(30)36(25)33)31-17-10-18-32-29-16-7-8-20-35(29)46-38(31)32;1-2-10-25(11-3-1)34-24-42-41(33-15-5-4-13-27(33)34)43-35-18-8-12-26-20-21-30-28(22-23-36(43)39(30)38(26)35)31-16-9-17-32-29-14-6-7-19-37(29)44-40(31)32/h1-32H;1-24H;1-24H. The first kappa shape index (κ1) is 83.6. The quantitative estimate of drug-likeness (QED) is 0.102. The van der Waals surface area contributed by atoms with Crippen LogP contribution in [0.4, 0.5) is 0 Å². The van der Waals surface area contributed by atoms with Crippen LogP contribution in [0.5, 0.6) is 0 Å². The summed E-state index contributed by atoms with van der Waals surface area (Å²) in [5.41, 5.74) is 29.2. The Balaban J connectivity index is 0.000000104. The zero-order valence-corrected chi connectivity index (χ0v) is 79.4. The van der Waals surface area contributed by atoms with Crippen LogP contribution in [0.15, 0.2) is 499 Å². The van der Waals surface area contributed by atoms with Gasteiger partial charge in [-0.05, 0) is 137 Å². The SMILES string of the molecule is c1ccc(-c2ccc(-c3nc(-c4ccc(-c5ccccc5)cc4)nc(-n4c5cccc6ccc7c(-c8cccc9c8oc8ccccc89)ccc4c7c65)n3)cc2)cc1.c1ccc(-c2cnc(-n3c4cccc5ccc6c(-c7cccc8c7oc7ccccc78)ccc3c6c54)c3ccccc23)cc1.c1ccc(-c2nc(-c3ccccc3)nc(-n3c4cccc5ccc6c(-c7cccc8c7oc7ccccc78)ccc3c6c54)n2)cc1. The first-order valence-corrected chi connectivity index (χ1v) is 49.9. The molecule has 9 aromatic heterocycles. The maximum absolute atomic E-state index is 6.55. The molecule has 0 bridgehead atoms. The van der Waals surface area contributed by atoms with Gasteiger partial charge in [-0.2, -0.15) is 19.9 Å². The third-order valence-electron chi connectivity index (χ3n) is 29.7. The number of hydrogen-bond acceptors (Lipinski definition) is 10. The number of furan rings is 3. The van der Waals surface area contributed by atoms with Crippen molar-refractivity contribution >= 4 is 174 Å². The molecule has 32 aromatic rings. The van der Waals surface area contributed by atoms with Crippen LogP contribution in [0.1, 0.15) is 0 Å². The lowest BCUT2D eigenvalue weighted by molar-refractivity contribution is 0.669. The molecule has 0 atom stereocenters. The molecule has 13 nitrogen and oxygen atoms in total. The van der Waals surface area contributed by atoms with Crippen molar-refractivity contribution in [3.8, 4) is 130 Å². The van der Waals surface area contributed by atoms with E-state index in [9.17, 15) is 0 Å². The predicted molar refractivity (Wildman–Crippen MR) is 607 cm³/mol. The smallest absolute Gasteiger partial charge is 0.238 e. The second-order valence-electron chi connectivity index (χ2n) is 37.9. The average Bonchev–Trinajstić information content (AvgIpc) is 1.52. The van der Waals surface area contributed by atoms with E-state index in [2.05, 4.69) is 384 Å². The highest BCUT2D eigenvalue weighted by atomic mass is 16.3. The van der Waals surface area contributed by atoms with Crippen LogP contribution in [-0.4, -0.2) is 48.6 Å². The first-order chi connectivity index (χ1) is 73.4. The van der Waals surface area contributed by atoms with Gasteiger partial charge in [0.25, 0.3) is 0 Å². The fourth-order valence-corrected chi connectivity index (χ4v) is 23.0. The highest BCUT2D eigenvalue weighted by Gasteiger charge is 2.30. The molecule has 0 unspecified atom stereocenters. The lowest BCUT2D eigenvalue weighted by Gasteiger charge is -2.14. The highest BCUT2D eigenvalue weighted by molar-refractivity contribution is 6.31. The molecule has 0 spiro atoms. The maximum atomic E-state index is 6.55. The Labute approximate surface area is 845 Å². The van der Waals surface area contributed by atoms with E-state index in [4.69, 9.17) is 48.1 Å². The van der Waals surface area contributed by atoms with Gasteiger partial charge in [-0.25, -0.2) is 15.0 Å². The lowest BCUT2D eigenvalue weighted by atomic mass is 9.94. The van der Waals surface area contributed by atoms with Crippen LogP contribution in [0.2, 0.25) is 0 Å². The number of pyridine rings is 1. The third-order valence-corrected chi connectivity index (χ3v) is 29.7. The van der Waals surface area contributed by atoms with Crippen molar-refractivity contribution in [1.82, 2.24) is 48.6 Å². The Bertz CT molecular complexity index is 10700. The molecular formula is C135H80N10O3. The summed E-state index contributed by atoms with van der Waals surface area (Å²) in [6, 6.07) is 168. The Kier molecular flexibility index (Phi) is 19.1. The first-order valence-electron chi connectivity index (χ1n) is 49.9. The van der Waals surface area contributed by atoms with Crippen molar-refractivity contribution in [1.29, 1.82) is 0 Å². The molecule has 32 rings (SSSR count). The fourth-order valence-electron chi connectivity index (χ4n) is 23.0. The van der Waals surface area contributed by atoms with Crippen molar-refractivity contribution in [3.63, 3.8) is 0 Å². The van der Waals surface area contributed by atoms with E-state index in [-0.39, 0.29) is 0 Å². The van der Waals surface area contributed by atoms with Gasteiger partial charge >= 0.3 is 0 Å². The maximum Gasteiger partial charge on any atom is 0.238 e. The molecule has 0 N–H and O–H groups in total. The van der Waals surface area contributed by atoms with Gasteiger partial charge in [0.1, 0.15) is 39.3 Å². The summed E-state index contributed by atoms with van der Waals surface area (Å²) in [4.78, 5) is 36.0. The summed E-state index contributed by atoms with van der Waals surface area (Å²) >= 11 is 0. The number of rotatable bonds is 13. The van der Waals surface area contributed by atoms with E-state index >= 15 is 0 Å². The number of benzene rings is 23. The van der Waals surface area contributed by atoms with Crippen LogP contribution in [0, 0.1) is 0 Å². The van der Waals surface area contributed by atoms with Crippen LogP contribution < -0.4 is 0 Å². The third kappa shape index (κ3) is 13.4. The van der Waals surface area contributed by atoms with Gasteiger partial charge in [0.15, 0.2) is 23.3 Å². The number of nitrogens with zero attached hydrogens (tertiary/aromatic N) is 10. The molecule has 0 radical (unpaired) electrons. The summed E-state index contributed by atoms with van der Waals surface area (Å²) < 4.78 is 26.3. The second-order valence-corrected chi connectivity index (χ2v) is 37.9. The van der Waals surface area contributed by atoms with E-state index in [0.29, 0.717) is 35.2 Å². The summed E-state index contributed by atoms with van der Waals surface area (Å²) in [7, 11) is 0. The topological polar surface area (TPSA) is 144 Å². The van der Waals surface area contributed by atoms with Crippen molar-refractivity contribution in [3.05, 3.63) is 485 Å². The molecule has 0 fully saturated rings. The van der Waals surface area contributed by atoms with Gasteiger partial charge < -0.3 is 13.3 Å². The van der Waals surface area contributed by atoms with E-state index in [0.717, 1.165) is 204 Å². The Hall–Kier alpha value is -20.2. The van der Waals surface area contributed by atoms with Gasteiger partial charge in [-0.15, -0.1) is 0 Å². The molecule has 0 aliphatic rings. The molecule has 13 heteroatoms. The summed E-state index contributed by atoms with van der Waals surface area (Å²) in [5, 5.41) is 23.4. The van der Waals surface area contributed by atoms with Crippen molar-refractivity contribution < 1.29 is 13.3 Å². The van der Waals surface area contributed by atoms with Gasteiger partial charge in [0, 0.05) is 121 Å². The van der Waals surface area contributed by atoms with E-state index < -0.39 is 0 Å². The molecule has 0 amide bonds. The Morgan fingerprint density at radius 3 is 0.804 bits per heavy atom.